The summed E-state index contributed by atoms with van der Waals surface area (Å²) in [5.41, 5.74) is 4.77. The normalized spacial score (nSPS) is 12.4. The van der Waals surface area contributed by atoms with E-state index < -0.39 is 25.9 Å². The predicted octanol–water partition coefficient (Wildman–Crippen LogP) is 4.60. The van der Waals surface area contributed by atoms with Crippen molar-refractivity contribution < 1.29 is 15.0 Å². The highest BCUT2D eigenvalue weighted by molar-refractivity contribution is 7.75. The van der Waals surface area contributed by atoms with Crippen LogP contribution in [0.15, 0.2) is 0 Å². The van der Waals surface area contributed by atoms with Gasteiger partial charge in [-0.2, -0.15) is 0 Å². The summed E-state index contributed by atoms with van der Waals surface area (Å²) in [6.45, 7) is 8.92. The Morgan fingerprint density at radius 3 is 1.25 bits per heavy atom. The van der Waals surface area contributed by atoms with E-state index in [1.165, 1.54) is 51.4 Å². The van der Waals surface area contributed by atoms with Crippen molar-refractivity contribution in [3.8, 4) is 0 Å². The minimum atomic E-state index is -1.18. The summed E-state index contributed by atoms with van der Waals surface area (Å²) in [4.78, 5) is 9.65. The molecule has 0 fully saturated rings. The number of aliphatic hydroxyl groups is 1. The molecule has 146 valence electrons. The molecule has 4 nitrogen and oxygen atoms in total. The van der Waals surface area contributed by atoms with Crippen molar-refractivity contribution in [3.05, 3.63) is 0 Å². The molecule has 0 spiro atoms. The lowest BCUT2D eigenvalue weighted by molar-refractivity contribution is -0.139. The zero-order valence-corrected chi connectivity index (χ0v) is 17.5. The molecule has 5 heteroatoms. The molecule has 4 N–H and O–H groups in total. The average molecular weight is 365 g/mol. The van der Waals surface area contributed by atoms with Gasteiger partial charge in [-0.25, -0.2) is 0 Å². The Hall–Kier alpha value is -0.180. The van der Waals surface area contributed by atoms with Crippen molar-refractivity contribution in [1.82, 2.24) is 0 Å². The molecule has 0 bridgehead atoms. The van der Waals surface area contributed by atoms with E-state index >= 15 is 0 Å². The molecule has 0 aliphatic heterocycles. The number of hydrogen-bond donors (Lipinski definition) is 3. The second-order valence-electron chi connectivity index (χ2n) is 6.78. The van der Waals surface area contributed by atoms with Crippen LogP contribution in [0.25, 0.3) is 0 Å². The molecule has 0 radical (unpaired) electrons. The van der Waals surface area contributed by atoms with E-state index in [0.717, 1.165) is 0 Å². The summed E-state index contributed by atoms with van der Waals surface area (Å²) in [6, 6.07) is -1.13. The molecule has 0 aromatic carbocycles. The van der Waals surface area contributed by atoms with Gasteiger partial charge in [-0.05, 0) is 25.7 Å². The van der Waals surface area contributed by atoms with Crippen molar-refractivity contribution in [2.45, 2.75) is 85.1 Å². The highest BCUT2D eigenvalue weighted by Gasteiger charge is 2.34. The van der Waals surface area contributed by atoms with Crippen molar-refractivity contribution in [2.75, 3.05) is 31.3 Å². The van der Waals surface area contributed by atoms with Crippen molar-refractivity contribution in [1.29, 1.82) is 0 Å². The van der Waals surface area contributed by atoms with E-state index in [1.807, 2.05) is 0 Å². The van der Waals surface area contributed by atoms with Gasteiger partial charge in [0.15, 0.2) is 0 Å². The Bertz CT molecular complexity index is 250. The largest absolute Gasteiger partial charge is 0.480 e. The van der Waals surface area contributed by atoms with Gasteiger partial charge in [-0.1, -0.05) is 53.4 Å². The number of carboxylic acid groups (broad SMARTS) is 1. The van der Waals surface area contributed by atoms with Crippen LogP contribution >= 0.6 is 7.26 Å². The topological polar surface area (TPSA) is 83.5 Å². The minimum absolute atomic E-state index is 0.505. The summed E-state index contributed by atoms with van der Waals surface area (Å²) in [6.07, 6.45) is 17.9. The van der Waals surface area contributed by atoms with Gasteiger partial charge >= 0.3 is 5.97 Å². The molecule has 1 atom stereocenters. The number of rotatable bonds is 14. The molecular weight excluding hydrogens is 321 g/mol. The van der Waals surface area contributed by atoms with Gasteiger partial charge in [0.1, 0.15) is 6.04 Å². The third-order valence-electron chi connectivity index (χ3n) is 4.46. The predicted molar refractivity (Wildman–Crippen MR) is 109 cm³/mol. The summed E-state index contributed by atoms with van der Waals surface area (Å²) in [7, 11) is -0.562. The standard InChI is InChI=1S/C16H36P.C3H7NO3/c1-5-9-13-17(14-10-6-2,15-11-7-3)16-12-8-4;4-2(1-5)3(6)7/h5-16H2,1-4H3;2,5H,1,4H2,(H,6,7)/q+1;. The van der Waals surface area contributed by atoms with Crippen LogP contribution in [0.1, 0.15) is 79.1 Å². The monoisotopic (exact) mass is 364 g/mol. The number of aliphatic hydroxyl groups excluding tert-OH is 1. The van der Waals surface area contributed by atoms with Gasteiger partial charge in [0, 0.05) is 7.26 Å². The molecular formula is C19H43NO3P+. The van der Waals surface area contributed by atoms with Crippen LogP contribution in [0.5, 0.6) is 0 Å². The third-order valence-corrected chi connectivity index (χ3v) is 9.52. The summed E-state index contributed by atoms with van der Waals surface area (Å²) in [5.74, 6) is -1.18. The highest BCUT2D eigenvalue weighted by atomic mass is 31.2. The van der Waals surface area contributed by atoms with Gasteiger partial charge in [0.2, 0.25) is 0 Å². The average Bonchev–Trinajstić information content (AvgIpc) is 2.60. The maximum absolute atomic E-state index is 9.65. The van der Waals surface area contributed by atoms with E-state index in [0.29, 0.717) is 0 Å². The van der Waals surface area contributed by atoms with Gasteiger partial charge in [-0.3, -0.25) is 4.79 Å². The lowest BCUT2D eigenvalue weighted by Crippen LogP contribution is -2.33. The van der Waals surface area contributed by atoms with Crippen LogP contribution in [0, 0.1) is 0 Å². The van der Waals surface area contributed by atoms with E-state index in [4.69, 9.17) is 15.9 Å². The minimum Gasteiger partial charge on any atom is -0.480 e. The first-order valence-electron chi connectivity index (χ1n) is 9.87. The molecule has 0 saturated heterocycles. The molecule has 0 aromatic heterocycles. The number of nitrogens with two attached hydrogens (primary N) is 1. The molecule has 0 aliphatic rings. The Labute approximate surface area is 150 Å². The van der Waals surface area contributed by atoms with Gasteiger partial charge in [-0.15, -0.1) is 0 Å². The Morgan fingerprint density at radius 1 is 0.833 bits per heavy atom. The maximum Gasteiger partial charge on any atom is 0.322 e. The maximum atomic E-state index is 9.65. The zero-order valence-electron chi connectivity index (χ0n) is 16.6. The first kappa shape index (κ1) is 26.1. The van der Waals surface area contributed by atoms with E-state index in [9.17, 15) is 4.79 Å². The first-order valence-corrected chi connectivity index (χ1v) is 12.4. The molecule has 0 aliphatic carbocycles. The highest BCUT2D eigenvalue weighted by Crippen LogP contribution is 2.61. The van der Waals surface area contributed by atoms with Crippen LogP contribution in [0.4, 0.5) is 0 Å². The Balaban J connectivity index is 0. The van der Waals surface area contributed by atoms with Crippen LogP contribution in [-0.4, -0.2) is 53.5 Å². The van der Waals surface area contributed by atoms with Crippen molar-refractivity contribution in [2.24, 2.45) is 5.73 Å². The Morgan fingerprint density at radius 2 is 1.12 bits per heavy atom. The fourth-order valence-corrected chi connectivity index (χ4v) is 8.01. The van der Waals surface area contributed by atoms with Crippen LogP contribution in [0.2, 0.25) is 0 Å². The fourth-order valence-electron chi connectivity index (χ4n) is 2.72. The number of unbranched alkanes of at least 4 members (excludes halogenated alkanes) is 4. The molecule has 0 saturated carbocycles. The SMILES string of the molecule is CCCC[P+](CCCC)(CCCC)CCCC.NC(CO)C(=O)O. The van der Waals surface area contributed by atoms with Crippen molar-refractivity contribution in [3.63, 3.8) is 0 Å². The van der Waals surface area contributed by atoms with Crippen LogP contribution < -0.4 is 5.73 Å². The second kappa shape index (κ2) is 17.6. The molecule has 0 aromatic rings. The lowest BCUT2D eigenvalue weighted by atomic mass is 10.3. The van der Waals surface area contributed by atoms with Gasteiger partial charge < -0.3 is 15.9 Å². The molecule has 0 rings (SSSR count). The molecule has 0 heterocycles. The van der Waals surface area contributed by atoms with Crippen LogP contribution in [0.3, 0.4) is 0 Å². The summed E-state index contributed by atoms with van der Waals surface area (Å²) >= 11 is 0. The quantitative estimate of drug-likeness (QED) is 0.393. The third kappa shape index (κ3) is 14.2. The lowest BCUT2D eigenvalue weighted by Gasteiger charge is -2.28. The number of carbonyl (C=O) groups is 1. The van der Waals surface area contributed by atoms with E-state index in [1.54, 1.807) is 24.6 Å². The van der Waals surface area contributed by atoms with Gasteiger partial charge in [0.25, 0.3) is 0 Å². The Kier molecular flexibility index (Phi) is 19.1. The van der Waals surface area contributed by atoms with E-state index in [2.05, 4.69) is 27.7 Å². The first-order chi connectivity index (χ1) is 11.4. The van der Waals surface area contributed by atoms with Crippen molar-refractivity contribution >= 4 is 13.2 Å². The smallest absolute Gasteiger partial charge is 0.322 e. The van der Waals surface area contributed by atoms with E-state index in [-0.39, 0.29) is 0 Å². The number of carboxylic acids is 1. The van der Waals surface area contributed by atoms with Crippen LogP contribution in [-0.2, 0) is 4.79 Å². The van der Waals surface area contributed by atoms with Gasteiger partial charge in [0.05, 0.1) is 31.3 Å². The second-order valence-corrected chi connectivity index (χ2v) is 11.2. The molecule has 1 unspecified atom stereocenters. The molecule has 24 heavy (non-hydrogen) atoms. The summed E-state index contributed by atoms with van der Waals surface area (Å²) in [5, 5.41) is 15.9. The summed E-state index contributed by atoms with van der Waals surface area (Å²) < 4.78 is 0. The fraction of sp³-hybridized carbons (Fsp3) is 0.947. The zero-order chi connectivity index (χ0) is 18.8. The number of hydrogen-bond acceptors (Lipinski definition) is 3. The number of aliphatic carboxylic acids is 1. The molecule has 0 amide bonds.